The number of benzene rings is 1. The average molecular weight is 678 g/mol. The molecule has 0 bridgehead atoms. The van der Waals surface area contributed by atoms with Crippen molar-refractivity contribution in [1.82, 2.24) is 25.2 Å². The van der Waals surface area contributed by atoms with Gasteiger partial charge in [0, 0.05) is 61.2 Å². The molecule has 9 nitrogen and oxygen atoms in total. The van der Waals surface area contributed by atoms with Gasteiger partial charge in [0.25, 0.3) is 11.5 Å². The van der Waals surface area contributed by atoms with Gasteiger partial charge in [0.05, 0.1) is 23.3 Å². The number of aromatic nitrogens is 3. The minimum atomic E-state index is -0.870. The highest BCUT2D eigenvalue weighted by Gasteiger charge is 2.45. The summed E-state index contributed by atoms with van der Waals surface area (Å²) in [7, 11) is 0. The minimum absolute atomic E-state index is 0.0421. The number of allylic oxidation sites excluding steroid dienone is 2. The molecule has 264 valence electrons. The first-order chi connectivity index (χ1) is 24.3. The van der Waals surface area contributed by atoms with E-state index in [0.29, 0.717) is 35.6 Å². The minimum Gasteiger partial charge on any atom is -0.491 e. The normalized spacial score (nSPS) is 22.9. The van der Waals surface area contributed by atoms with E-state index in [0.717, 1.165) is 69.1 Å². The van der Waals surface area contributed by atoms with Crippen LogP contribution in [0.1, 0.15) is 106 Å². The number of nitrogens with zero attached hydrogens (tertiary/aromatic N) is 3. The lowest BCUT2D eigenvalue weighted by Crippen LogP contribution is -2.52. The molecule has 3 heterocycles. The van der Waals surface area contributed by atoms with E-state index in [-0.39, 0.29) is 29.2 Å². The van der Waals surface area contributed by atoms with Crippen LogP contribution >= 0.6 is 0 Å². The molecule has 1 aromatic carbocycles. The molecule has 9 heteroatoms. The first kappa shape index (κ1) is 34.4. The molecular weight excluding hydrogens is 626 g/mol. The third-order valence-electron chi connectivity index (χ3n) is 11.5. The van der Waals surface area contributed by atoms with Crippen LogP contribution in [0.2, 0.25) is 0 Å². The smallest absolute Gasteiger partial charge is 0.258 e. The third-order valence-corrected chi connectivity index (χ3v) is 11.5. The number of carbonyl (C=O) groups is 1. The Balaban J connectivity index is 1.15. The number of nitrogens with one attached hydrogen (secondary N) is 2. The van der Waals surface area contributed by atoms with Crippen molar-refractivity contribution in [3.05, 3.63) is 106 Å². The molecule has 4 atom stereocenters. The SMILES string of the molecule is CCC1=CC2=C(CC1C)OC1(CCCC1)CC2NC[C@@H](O)[C@H](Cc1ccccc1)NC(=O)c1cc(-c2cncnc2)c(=O)n(C2CCCC2)c1. The Morgan fingerprint density at radius 3 is 2.56 bits per heavy atom. The van der Waals surface area contributed by atoms with Crippen LogP contribution in [0.25, 0.3) is 11.1 Å². The number of pyridine rings is 1. The fourth-order valence-corrected chi connectivity index (χ4v) is 8.72. The maximum atomic E-state index is 14.2. The van der Waals surface area contributed by atoms with Crippen molar-refractivity contribution in [1.29, 1.82) is 0 Å². The summed E-state index contributed by atoms with van der Waals surface area (Å²) in [4.78, 5) is 36.1. The molecule has 1 amide bonds. The lowest BCUT2D eigenvalue weighted by Gasteiger charge is -2.44. The van der Waals surface area contributed by atoms with Crippen LogP contribution in [-0.2, 0) is 11.2 Å². The molecule has 3 aliphatic carbocycles. The summed E-state index contributed by atoms with van der Waals surface area (Å²) in [5, 5.41) is 18.8. The van der Waals surface area contributed by atoms with Crippen molar-refractivity contribution in [3.8, 4) is 11.1 Å². The molecule has 7 rings (SSSR count). The van der Waals surface area contributed by atoms with E-state index in [1.807, 2.05) is 30.3 Å². The van der Waals surface area contributed by atoms with Gasteiger partial charge in [0.1, 0.15) is 17.7 Å². The maximum Gasteiger partial charge on any atom is 0.258 e. The van der Waals surface area contributed by atoms with Gasteiger partial charge in [-0.25, -0.2) is 9.97 Å². The van der Waals surface area contributed by atoms with Crippen LogP contribution in [0, 0.1) is 5.92 Å². The third kappa shape index (κ3) is 7.35. The highest BCUT2D eigenvalue weighted by Crippen LogP contribution is 2.47. The van der Waals surface area contributed by atoms with E-state index in [1.165, 1.54) is 30.3 Å². The molecule has 50 heavy (non-hydrogen) atoms. The van der Waals surface area contributed by atoms with Crippen LogP contribution in [0.4, 0.5) is 0 Å². The Kier molecular flexibility index (Phi) is 10.3. The lowest BCUT2D eigenvalue weighted by molar-refractivity contribution is -0.0288. The van der Waals surface area contributed by atoms with E-state index in [1.54, 1.807) is 29.2 Å². The molecule has 3 aromatic rings. The fraction of sp³-hybridized carbons (Fsp3) is 0.512. The van der Waals surface area contributed by atoms with Crippen molar-refractivity contribution in [2.45, 2.75) is 121 Å². The van der Waals surface area contributed by atoms with Crippen LogP contribution in [-0.4, -0.2) is 55.9 Å². The van der Waals surface area contributed by atoms with Crippen LogP contribution in [0.15, 0.2) is 89.1 Å². The van der Waals surface area contributed by atoms with Gasteiger partial charge in [-0.1, -0.05) is 68.7 Å². The standard InChI is InChI=1S/C41H51N5O4/c1-3-29-19-34-36(21-41(15-9-10-16-41)50-38(34)17-27(29)2)44-24-37(47)35(18-28-11-5-4-6-12-28)45-39(48)30-20-33(31-22-42-26-43-23-31)40(49)46(25-30)32-13-7-8-14-32/h4-6,11-12,19-20,22-23,25-27,32,35-37,44,47H,3,7-10,13-18,21,24H2,1-2H3,(H,45,48)/t27?,35-,36?,37+/m0/s1. The van der Waals surface area contributed by atoms with Crippen LogP contribution in [0.5, 0.6) is 0 Å². The van der Waals surface area contributed by atoms with Crippen molar-refractivity contribution < 1.29 is 14.6 Å². The molecule has 3 N–H and O–H groups in total. The Hall–Kier alpha value is -4.08. The number of ether oxygens (including phenoxy) is 1. The van der Waals surface area contributed by atoms with Gasteiger partial charge < -0.3 is 25.0 Å². The van der Waals surface area contributed by atoms with Crippen LogP contribution in [0.3, 0.4) is 0 Å². The number of rotatable bonds is 11. The molecule has 2 unspecified atom stereocenters. The Bertz CT molecular complexity index is 1770. The predicted octanol–water partition coefficient (Wildman–Crippen LogP) is 6.44. The van der Waals surface area contributed by atoms with Crippen molar-refractivity contribution in [3.63, 3.8) is 0 Å². The lowest BCUT2D eigenvalue weighted by atomic mass is 9.78. The zero-order valence-electron chi connectivity index (χ0n) is 29.4. The molecule has 2 saturated carbocycles. The van der Waals surface area contributed by atoms with Gasteiger partial charge >= 0.3 is 0 Å². The molecule has 0 saturated heterocycles. The topological polar surface area (TPSA) is 118 Å². The van der Waals surface area contributed by atoms with Gasteiger partial charge in [0.15, 0.2) is 0 Å². The summed E-state index contributed by atoms with van der Waals surface area (Å²) >= 11 is 0. The Labute approximate surface area is 295 Å². The summed E-state index contributed by atoms with van der Waals surface area (Å²) in [6.45, 7) is 4.82. The molecule has 2 aromatic heterocycles. The zero-order valence-corrected chi connectivity index (χ0v) is 29.4. The molecule has 1 aliphatic heterocycles. The van der Waals surface area contributed by atoms with Crippen molar-refractivity contribution in [2.75, 3.05) is 6.54 Å². The monoisotopic (exact) mass is 677 g/mol. The number of aliphatic hydroxyl groups excluding tert-OH is 1. The van der Waals surface area contributed by atoms with E-state index in [4.69, 9.17) is 4.74 Å². The first-order valence-corrected chi connectivity index (χ1v) is 18.7. The second-order valence-electron chi connectivity index (χ2n) is 15.0. The van der Waals surface area contributed by atoms with Crippen molar-refractivity contribution in [2.24, 2.45) is 5.92 Å². The highest BCUT2D eigenvalue weighted by atomic mass is 16.5. The zero-order chi connectivity index (χ0) is 34.7. The second-order valence-corrected chi connectivity index (χ2v) is 15.0. The van der Waals surface area contributed by atoms with Gasteiger partial charge in [0.2, 0.25) is 0 Å². The molecule has 2 fully saturated rings. The van der Waals surface area contributed by atoms with E-state index < -0.39 is 12.1 Å². The summed E-state index contributed by atoms with van der Waals surface area (Å²) < 4.78 is 8.54. The van der Waals surface area contributed by atoms with Crippen molar-refractivity contribution >= 4 is 5.91 Å². The summed E-state index contributed by atoms with van der Waals surface area (Å²) in [5.41, 5.74) is 4.76. The summed E-state index contributed by atoms with van der Waals surface area (Å²) in [5.74, 6) is 1.25. The van der Waals surface area contributed by atoms with Gasteiger partial charge in [-0.2, -0.15) is 0 Å². The van der Waals surface area contributed by atoms with Crippen LogP contribution < -0.4 is 16.2 Å². The van der Waals surface area contributed by atoms with Gasteiger partial charge in [-0.15, -0.1) is 0 Å². The molecular formula is C41H51N5O4. The number of hydrogen-bond acceptors (Lipinski definition) is 7. The second kappa shape index (κ2) is 15.0. The predicted molar refractivity (Wildman–Crippen MR) is 195 cm³/mol. The first-order valence-electron chi connectivity index (χ1n) is 18.7. The highest BCUT2D eigenvalue weighted by molar-refractivity contribution is 5.95. The molecule has 4 aliphatic rings. The Morgan fingerprint density at radius 1 is 1.10 bits per heavy atom. The average Bonchev–Trinajstić information content (AvgIpc) is 3.84. The summed E-state index contributed by atoms with van der Waals surface area (Å²) in [6, 6.07) is 11.1. The number of carbonyl (C=O) groups excluding carboxylic acids is 1. The maximum absolute atomic E-state index is 14.2. The number of hydrogen-bond donors (Lipinski definition) is 3. The van der Waals surface area contributed by atoms with E-state index in [9.17, 15) is 14.7 Å². The van der Waals surface area contributed by atoms with E-state index >= 15 is 0 Å². The van der Waals surface area contributed by atoms with E-state index in [2.05, 4.69) is 40.5 Å². The number of amides is 1. The van der Waals surface area contributed by atoms with Gasteiger partial charge in [-0.3, -0.25) is 9.59 Å². The quantitative estimate of drug-likeness (QED) is 0.214. The summed E-state index contributed by atoms with van der Waals surface area (Å²) in [6.07, 6.45) is 19.5. The molecule has 1 spiro atoms. The van der Waals surface area contributed by atoms with Gasteiger partial charge in [-0.05, 0) is 68.9 Å². The Morgan fingerprint density at radius 2 is 1.84 bits per heavy atom. The fourth-order valence-electron chi connectivity index (χ4n) is 8.72. The molecule has 0 radical (unpaired) electrons. The largest absolute Gasteiger partial charge is 0.491 e. The number of aliphatic hydroxyl groups is 1.